The van der Waals surface area contributed by atoms with E-state index in [1.165, 1.54) is 39.2 Å². The first kappa shape index (κ1) is 25.2. The monoisotopic (exact) mass is 387 g/mol. The highest BCUT2D eigenvalue weighted by Gasteiger charge is 2.49. The Morgan fingerprint density at radius 3 is 2.22 bits per heavy atom. The van der Waals surface area contributed by atoms with Crippen LogP contribution < -0.4 is 5.32 Å². The van der Waals surface area contributed by atoms with Crippen LogP contribution in [0.2, 0.25) is 0 Å². The highest BCUT2D eigenvalue weighted by molar-refractivity contribution is 5.75. The van der Waals surface area contributed by atoms with Gasteiger partial charge in [-0.15, -0.1) is 0 Å². The second-order valence-electron chi connectivity index (χ2n) is 6.76. The molecule has 2 aliphatic carbocycles. The number of rotatable bonds is 1. The van der Waals surface area contributed by atoms with Crippen molar-refractivity contribution in [2.45, 2.75) is 72.3 Å². The number of esters is 1. The average molecular weight is 388 g/mol. The molecule has 27 heavy (non-hydrogen) atoms. The summed E-state index contributed by atoms with van der Waals surface area (Å²) in [5.41, 5.74) is 0. The molecule has 0 radical (unpaired) electrons. The van der Waals surface area contributed by atoms with Crippen LogP contribution >= 0.6 is 0 Å². The second kappa shape index (κ2) is 14.3. The molecule has 0 aromatic carbocycles. The van der Waals surface area contributed by atoms with Crippen molar-refractivity contribution in [2.24, 2.45) is 23.7 Å². The SMILES string of the molecule is CC.CC1OC(=O)C2CC3CCCCC3CC12.CCOC(=O)NC.O=CO. The minimum atomic E-state index is -0.373. The number of fused-ring (bicyclic) bond motifs is 2. The number of alkyl carbamates (subject to hydrolysis) is 1. The molecule has 2 N–H and O–H groups in total. The van der Waals surface area contributed by atoms with Gasteiger partial charge in [0.05, 0.1) is 12.5 Å². The molecule has 1 aliphatic heterocycles. The van der Waals surface area contributed by atoms with Crippen LogP contribution in [0.4, 0.5) is 4.79 Å². The molecule has 1 saturated heterocycles. The number of hydrogen-bond donors (Lipinski definition) is 2. The van der Waals surface area contributed by atoms with E-state index >= 15 is 0 Å². The van der Waals surface area contributed by atoms with Gasteiger partial charge in [0, 0.05) is 13.0 Å². The molecule has 0 aromatic rings. The zero-order valence-electron chi connectivity index (χ0n) is 17.4. The first-order valence-corrected chi connectivity index (χ1v) is 10.1. The lowest BCUT2D eigenvalue weighted by molar-refractivity contribution is -0.144. The molecule has 0 aromatic heterocycles. The van der Waals surface area contributed by atoms with Crippen molar-refractivity contribution in [2.75, 3.05) is 13.7 Å². The van der Waals surface area contributed by atoms with Crippen LogP contribution in [0.25, 0.3) is 0 Å². The molecule has 7 nitrogen and oxygen atoms in total. The summed E-state index contributed by atoms with van der Waals surface area (Å²) in [5.74, 6) is 2.61. The molecule has 3 fully saturated rings. The van der Waals surface area contributed by atoms with E-state index in [1.807, 2.05) is 13.8 Å². The molecule has 158 valence electrons. The Hall–Kier alpha value is -1.79. The van der Waals surface area contributed by atoms with Crippen molar-refractivity contribution in [1.82, 2.24) is 5.32 Å². The third-order valence-electron chi connectivity index (χ3n) is 5.40. The summed E-state index contributed by atoms with van der Waals surface area (Å²) in [7, 11) is 1.53. The van der Waals surface area contributed by atoms with Crippen LogP contribution in [-0.2, 0) is 19.1 Å². The van der Waals surface area contributed by atoms with Gasteiger partial charge in [0.1, 0.15) is 6.10 Å². The summed E-state index contributed by atoms with van der Waals surface area (Å²) in [6, 6.07) is 0. The van der Waals surface area contributed by atoms with E-state index in [9.17, 15) is 9.59 Å². The van der Waals surface area contributed by atoms with E-state index in [0.717, 1.165) is 18.3 Å². The fourth-order valence-electron chi connectivity index (χ4n) is 4.27. The number of hydrogen-bond acceptors (Lipinski definition) is 5. The molecule has 5 atom stereocenters. The summed E-state index contributed by atoms with van der Waals surface area (Å²) in [4.78, 5) is 30.1. The van der Waals surface area contributed by atoms with Gasteiger partial charge >= 0.3 is 12.1 Å². The van der Waals surface area contributed by atoms with Crippen LogP contribution in [0.3, 0.4) is 0 Å². The van der Waals surface area contributed by atoms with Gasteiger partial charge in [0.2, 0.25) is 0 Å². The number of carbonyl (C=O) groups excluding carboxylic acids is 2. The van der Waals surface area contributed by atoms with E-state index in [0.29, 0.717) is 12.5 Å². The fourth-order valence-corrected chi connectivity index (χ4v) is 4.27. The average Bonchev–Trinajstić information content (AvgIpc) is 2.96. The quantitative estimate of drug-likeness (QED) is 0.523. The molecule has 1 amide bonds. The van der Waals surface area contributed by atoms with Gasteiger partial charge in [-0.3, -0.25) is 9.59 Å². The van der Waals surface area contributed by atoms with Crippen LogP contribution in [0, 0.1) is 23.7 Å². The van der Waals surface area contributed by atoms with E-state index in [1.54, 1.807) is 6.92 Å². The lowest BCUT2D eigenvalue weighted by atomic mass is 9.63. The van der Waals surface area contributed by atoms with E-state index in [4.69, 9.17) is 14.6 Å². The molecule has 5 unspecified atom stereocenters. The maximum absolute atomic E-state index is 11.7. The molecule has 3 rings (SSSR count). The zero-order chi connectivity index (χ0) is 20.8. The van der Waals surface area contributed by atoms with Crippen LogP contribution in [0.15, 0.2) is 0 Å². The highest BCUT2D eigenvalue weighted by atomic mass is 16.6. The van der Waals surface area contributed by atoms with Gasteiger partial charge in [-0.25, -0.2) is 4.79 Å². The number of ether oxygens (including phenoxy) is 2. The molecule has 7 heteroatoms. The van der Waals surface area contributed by atoms with E-state index < -0.39 is 0 Å². The van der Waals surface area contributed by atoms with Crippen molar-refractivity contribution in [3.8, 4) is 0 Å². The van der Waals surface area contributed by atoms with Gasteiger partial charge in [-0.05, 0) is 38.5 Å². The Labute approximate surface area is 163 Å². The number of cyclic esters (lactones) is 1. The molecule has 1 heterocycles. The molecule has 0 spiro atoms. The Kier molecular flexibility index (Phi) is 13.3. The third kappa shape index (κ3) is 8.18. The standard InChI is InChI=1S/C13H20O2.C4H9NO2.C2H6.CH2O2/c1-8-11-6-9-4-2-3-5-10(9)7-12(11)13(14)15-8;1-3-7-4(6)5-2;1-2;2-1-3/h8-12H,2-7H2,1H3;3H2,1-2H3,(H,5,6);1-2H3;1H,(H,2,3). The second-order valence-corrected chi connectivity index (χ2v) is 6.76. The lowest BCUT2D eigenvalue weighted by Crippen LogP contribution is -2.35. The Morgan fingerprint density at radius 2 is 1.78 bits per heavy atom. The summed E-state index contributed by atoms with van der Waals surface area (Å²) < 4.78 is 9.82. The number of carboxylic acid groups (broad SMARTS) is 1. The minimum absolute atomic E-state index is 0.0940. The topological polar surface area (TPSA) is 102 Å². The summed E-state index contributed by atoms with van der Waals surface area (Å²) in [6.45, 7) is 8.01. The molecule has 2 saturated carbocycles. The van der Waals surface area contributed by atoms with Crippen molar-refractivity contribution in [3.05, 3.63) is 0 Å². The number of carbonyl (C=O) groups is 3. The predicted molar refractivity (Wildman–Crippen MR) is 103 cm³/mol. The Bertz CT molecular complexity index is 442. The van der Waals surface area contributed by atoms with E-state index in [-0.39, 0.29) is 30.6 Å². The third-order valence-corrected chi connectivity index (χ3v) is 5.40. The van der Waals surface area contributed by atoms with Gasteiger partial charge < -0.3 is 19.9 Å². The molecule has 0 bridgehead atoms. The van der Waals surface area contributed by atoms with Gasteiger partial charge in [-0.2, -0.15) is 0 Å². The van der Waals surface area contributed by atoms with Crippen LogP contribution in [0.1, 0.15) is 66.2 Å². The largest absolute Gasteiger partial charge is 0.483 e. The summed E-state index contributed by atoms with van der Waals surface area (Å²) >= 11 is 0. The first-order chi connectivity index (χ1) is 13.0. The van der Waals surface area contributed by atoms with Crippen molar-refractivity contribution in [1.29, 1.82) is 0 Å². The Morgan fingerprint density at radius 1 is 1.26 bits per heavy atom. The van der Waals surface area contributed by atoms with Gasteiger partial charge in [0.15, 0.2) is 0 Å². The molecular weight excluding hydrogens is 350 g/mol. The normalized spacial score (nSPS) is 30.1. The maximum Gasteiger partial charge on any atom is 0.406 e. The maximum atomic E-state index is 11.7. The number of nitrogens with one attached hydrogen (secondary N) is 1. The summed E-state index contributed by atoms with van der Waals surface area (Å²) in [6.07, 6.45) is 7.73. The van der Waals surface area contributed by atoms with Crippen molar-refractivity contribution < 1.29 is 29.0 Å². The van der Waals surface area contributed by atoms with Crippen molar-refractivity contribution in [3.63, 3.8) is 0 Å². The first-order valence-electron chi connectivity index (χ1n) is 10.1. The Balaban J connectivity index is 0.000000478. The highest BCUT2D eigenvalue weighted by Crippen LogP contribution is 2.49. The van der Waals surface area contributed by atoms with Gasteiger partial charge in [-0.1, -0.05) is 39.5 Å². The smallest absolute Gasteiger partial charge is 0.406 e. The lowest BCUT2D eigenvalue weighted by Gasteiger charge is -2.40. The molecule has 3 aliphatic rings. The predicted octanol–water partition coefficient (Wildman–Crippen LogP) is 3.85. The minimum Gasteiger partial charge on any atom is -0.483 e. The fraction of sp³-hybridized carbons (Fsp3) is 0.850. The summed E-state index contributed by atoms with van der Waals surface area (Å²) in [5, 5.41) is 9.19. The zero-order valence-corrected chi connectivity index (χ0v) is 17.4. The number of amides is 1. The van der Waals surface area contributed by atoms with Crippen LogP contribution in [0.5, 0.6) is 0 Å². The molecular formula is C20H37NO6. The van der Waals surface area contributed by atoms with Crippen LogP contribution in [-0.4, -0.2) is 43.4 Å². The van der Waals surface area contributed by atoms with Gasteiger partial charge in [0.25, 0.3) is 6.47 Å². The van der Waals surface area contributed by atoms with Crippen molar-refractivity contribution >= 4 is 18.5 Å². The van der Waals surface area contributed by atoms with E-state index in [2.05, 4.69) is 17.0 Å².